The zero-order valence-electron chi connectivity index (χ0n) is 9.55. The molecule has 0 unspecified atom stereocenters. The quantitative estimate of drug-likeness (QED) is 0.738. The SMILES string of the molecule is CCC(CC)C(=O)c1cnc2ncccn12. The normalized spacial score (nSPS) is 11.2. The number of hydrogen-bond donors (Lipinski definition) is 0. The summed E-state index contributed by atoms with van der Waals surface area (Å²) >= 11 is 0. The Morgan fingerprint density at radius 1 is 1.38 bits per heavy atom. The molecule has 0 atom stereocenters. The van der Waals surface area contributed by atoms with Crippen molar-refractivity contribution in [2.75, 3.05) is 0 Å². The molecule has 0 saturated carbocycles. The van der Waals surface area contributed by atoms with Crippen molar-refractivity contribution in [2.45, 2.75) is 26.7 Å². The first-order valence-corrected chi connectivity index (χ1v) is 5.60. The lowest BCUT2D eigenvalue weighted by Crippen LogP contribution is -2.15. The fraction of sp³-hybridized carbons (Fsp3) is 0.417. The first-order valence-electron chi connectivity index (χ1n) is 5.60. The maximum Gasteiger partial charge on any atom is 0.234 e. The molecule has 2 aromatic rings. The molecular weight excluding hydrogens is 202 g/mol. The number of rotatable bonds is 4. The third kappa shape index (κ3) is 1.71. The van der Waals surface area contributed by atoms with Crippen LogP contribution in [0.5, 0.6) is 0 Å². The van der Waals surface area contributed by atoms with Crippen LogP contribution >= 0.6 is 0 Å². The highest BCUT2D eigenvalue weighted by molar-refractivity contribution is 5.96. The van der Waals surface area contributed by atoms with Crippen LogP contribution in [-0.2, 0) is 0 Å². The lowest BCUT2D eigenvalue weighted by molar-refractivity contribution is 0.0907. The molecule has 0 bridgehead atoms. The van der Waals surface area contributed by atoms with E-state index in [0.29, 0.717) is 11.5 Å². The van der Waals surface area contributed by atoms with Crippen LogP contribution in [-0.4, -0.2) is 20.2 Å². The summed E-state index contributed by atoms with van der Waals surface area (Å²) in [5, 5.41) is 0. The van der Waals surface area contributed by atoms with Gasteiger partial charge in [0, 0.05) is 18.3 Å². The average Bonchev–Trinajstić information content (AvgIpc) is 2.74. The molecule has 0 aliphatic rings. The summed E-state index contributed by atoms with van der Waals surface area (Å²) in [4.78, 5) is 20.4. The summed E-state index contributed by atoms with van der Waals surface area (Å²) in [5.41, 5.74) is 0.636. The van der Waals surface area contributed by atoms with Crippen LogP contribution in [0.3, 0.4) is 0 Å². The third-order valence-electron chi connectivity index (χ3n) is 2.90. The molecule has 0 fully saturated rings. The van der Waals surface area contributed by atoms with Gasteiger partial charge in [-0.1, -0.05) is 13.8 Å². The molecule has 16 heavy (non-hydrogen) atoms. The van der Waals surface area contributed by atoms with Crippen molar-refractivity contribution < 1.29 is 4.79 Å². The van der Waals surface area contributed by atoms with Crippen molar-refractivity contribution in [3.8, 4) is 0 Å². The molecule has 0 spiro atoms. The molecule has 2 rings (SSSR count). The summed E-state index contributed by atoms with van der Waals surface area (Å²) in [6.07, 6.45) is 6.84. The lowest BCUT2D eigenvalue weighted by Gasteiger charge is -2.09. The van der Waals surface area contributed by atoms with E-state index < -0.39 is 0 Å². The minimum atomic E-state index is 0.0834. The number of nitrogens with zero attached hydrogens (tertiary/aromatic N) is 3. The Balaban J connectivity index is 2.43. The van der Waals surface area contributed by atoms with E-state index in [2.05, 4.69) is 9.97 Å². The largest absolute Gasteiger partial charge is 0.292 e. The number of ketones is 1. The summed E-state index contributed by atoms with van der Waals surface area (Å²) < 4.78 is 1.75. The Morgan fingerprint density at radius 3 is 2.81 bits per heavy atom. The van der Waals surface area contributed by atoms with E-state index in [1.54, 1.807) is 22.9 Å². The number of carbonyl (C=O) groups is 1. The Morgan fingerprint density at radius 2 is 2.12 bits per heavy atom. The molecular formula is C12H15N3O. The Bertz CT molecular complexity index is 500. The number of carbonyl (C=O) groups excluding carboxylic acids is 1. The first kappa shape index (κ1) is 10.8. The highest BCUT2D eigenvalue weighted by atomic mass is 16.1. The molecule has 0 N–H and O–H groups in total. The maximum absolute atomic E-state index is 12.2. The standard InChI is InChI=1S/C12H15N3O/c1-3-9(4-2)11(16)10-8-14-12-13-6-5-7-15(10)12/h5-9H,3-4H2,1-2H3. The number of hydrogen-bond acceptors (Lipinski definition) is 3. The average molecular weight is 217 g/mol. The van der Waals surface area contributed by atoms with Crippen molar-refractivity contribution in [1.29, 1.82) is 0 Å². The Hall–Kier alpha value is -1.71. The second kappa shape index (κ2) is 4.43. The minimum Gasteiger partial charge on any atom is -0.292 e. The smallest absolute Gasteiger partial charge is 0.234 e. The van der Waals surface area contributed by atoms with Crippen molar-refractivity contribution >= 4 is 11.6 Å². The van der Waals surface area contributed by atoms with Crippen molar-refractivity contribution in [3.63, 3.8) is 0 Å². The molecule has 84 valence electrons. The highest BCUT2D eigenvalue weighted by Gasteiger charge is 2.19. The Kier molecular flexibility index (Phi) is 2.99. The van der Waals surface area contributed by atoms with Crippen LogP contribution in [0, 0.1) is 5.92 Å². The van der Waals surface area contributed by atoms with E-state index in [1.165, 1.54) is 0 Å². The van der Waals surface area contributed by atoms with Crippen molar-refractivity contribution in [1.82, 2.24) is 14.4 Å². The molecule has 2 aromatic heterocycles. The zero-order chi connectivity index (χ0) is 11.5. The van der Waals surface area contributed by atoms with Gasteiger partial charge in [0.15, 0.2) is 5.78 Å². The van der Waals surface area contributed by atoms with Crippen molar-refractivity contribution in [2.24, 2.45) is 5.92 Å². The van der Waals surface area contributed by atoms with E-state index in [-0.39, 0.29) is 11.7 Å². The van der Waals surface area contributed by atoms with Crippen molar-refractivity contribution in [3.05, 3.63) is 30.4 Å². The van der Waals surface area contributed by atoms with Crippen LogP contribution < -0.4 is 0 Å². The first-order chi connectivity index (χ1) is 7.77. The van der Waals surface area contributed by atoms with Crippen LogP contribution in [0.4, 0.5) is 0 Å². The van der Waals surface area contributed by atoms with E-state index in [4.69, 9.17) is 0 Å². The highest BCUT2D eigenvalue weighted by Crippen LogP contribution is 2.16. The molecule has 0 radical (unpaired) electrons. The van der Waals surface area contributed by atoms with Gasteiger partial charge in [-0.25, -0.2) is 9.97 Å². The number of aromatic nitrogens is 3. The van der Waals surface area contributed by atoms with Gasteiger partial charge in [-0.2, -0.15) is 0 Å². The van der Waals surface area contributed by atoms with Gasteiger partial charge in [0.2, 0.25) is 5.78 Å². The maximum atomic E-state index is 12.2. The fourth-order valence-electron chi connectivity index (χ4n) is 1.88. The molecule has 4 heteroatoms. The lowest BCUT2D eigenvalue weighted by atomic mass is 9.96. The summed E-state index contributed by atoms with van der Waals surface area (Å²) in [6.45, 7) is 4.07. The van der Waals surface area contributed by atoms with E-state index in [9.17, 15) is 4.79 Å². The van der Waals surface area contributed by atoms with Gasteiger partial charge in [0.25, 0.3) is 0 Å². The van der Waals surface area contributed by atoms with Crippen LogP contribution in [0.25, 0.3) is 5.78 Å². The zero-order valence-corrected chi connectivity index (χ0v) is 9.55. The minimum absolute atomic E-state index is 0.0834. The van der Waals surface area contributed by atoms with E-state index in [1.807, 2.05) is 20.0 Å². The number of fused-ring (bicyclic) bond motifs is 1. The Labute approximate surface area is 94.3 Å². The van der Waals surface area contributed by atoms with Crippen LogP contribution in [0.15, 0.2) is 24.7 Å². The molecule has 0 aromatic carbocycles. The van der Waals surface area contributed by atoms with Crippen LogP contribution in [0.2, 0.25) is 0 Å². The van der Waals surface area contributed by atoms with Gasteiger partial charge in [0.1, 0.15) is 5.69 Å². The van der Waals surface area contributed by atoms with E-state index >= 15 is 0 Å². The number of imidazole rings is 1. The molecule has 0 aliphatic heterocycles. The van der Waals surface area contributed by atoms with Gasteiger partial charge in [-0.15, -0.1) is 0 Å². The van der Waals surface area contributed by atoms with Gasteiger partial charge in [-0.05, 0) is 18.9 Å². The summed E-state index contributed by atoms with van der Waals surface area (Å²) in [5.74, 6) is 0.822. The predicted octanol–water partition coefficient (Wildman–Crippen LogP) is 2.35. The second-order valence-electron chi connectivity index (χ2n) is 3.81. The van der Waals surface area contributed by atoms with Gasteiger partial charge < -0.3 is 0 Å². The predicted molar refractivity (Wildman–Crippen MR) is 61.4 cm³/mol. The second-order valence-corrected chi connectivity index (χ2v) is 3.81. The molecule has 4 nitrogen and oxygen atoms in total. The molecule has 0 saturated heterocycles. The van der Waals surface area contributed by atoms with Gasteiger partial charge in [-0.3, -0.25) is 9.20 Å². The van der Waals surface area contributed by atoms with Crippen LogP contribution in [0.1, 0.15) is 37.2 Å². The summed E-state index contributed by atoms with van der Waals surface area (Å²) in [6, 6.07) is 1.80. The third-order valence-corrected chi connectivity index (χ3v) is 2.90. The molecule has 2 heterocycles. The van der Waals surface area contributed by atoms with Gasteiger partial charge >= 0.3 is 0 Å². The van der Waals surface area contributed by atoms with Gasteiger partial charge in [0.05, 0.1) is 6.20 Å². The molecule has 0 amide bonds. The monoisotopic (exact) mass is 217 g/mol. The summed E-state index contributed by atoms with van der Waals surface area (Å²) in [7, 11) is 0. The number of Topliss-reactive ketones (excluding diaryl/α,β-unsaturated/α-hetero) is 1. The molecule has 0 aliphatic carbocycles. The topological polar surface area (TPSA) is 47.3 Å². The fourth-order valence-corrected chi connectivity index (χ4v) is 1.88. The van der Waals surface area contributed by atoms with E-state index in [0.717, 1.165) is 12.8 Å².